The molecule has 6 nitrogen and oxygen atoms in total. The lowest BCUT2D eigenvalue weighted by atomic mass is 10.1. The van der Waals surface area contributed by atoms with Crippen LogP contribution in [0.1, 0.15) is 16.1 Å². The maximum absolute atomic E-state index is 12.0. The molecule has 2 heterocycles. The van der Waals surface area contributed by atoms with Crippen molar-refractivity contribution in [3.63, 3.8) is 0 Å². The van der Waals surface area contributed by atoms with Crippen molar-refractivity contribution in [1.82, 2.24) is 0 Å². The molecule has 1 aromatic carbocycles. The first-order valence-electron chi connectivity index (χ1n) is 5.42. The van der Waals surface area contributed by atoms with Crippen LogP contribution in [0.5, 0.6) is 5.75 Å². The van der Waals surface area contributed by atoms with E-state index in [1.165, 1.54) is 18.2 Å². The smallest absolute Gasteiger partial charge is 0.433 e. The van der Waals surface area contributed by atoms with Crippen molar-refractivity contribution in [3.8, 4) is 5.75 Å². The number of allylic oxidation sites excluding steroid dienone is 1. The van der Waals surface area contributed by atoms with Gasteiger partial charge in [-0.05, 0) is 18.2 Å². The van der Waals surface area contributed by atoms with Crippen molar-refractivity contribution in [2.24, 2.45) is 0 Å². The molecule has 1 aliphatic rings. The number of ether oxygens (including phenoxy) is 1. The fourth-order valence-electron chi connectivity index (χ4n) is 1.78. The molecule has 0 saturated carbocycles. The zero-order valence-corrected chi connectivity index (χ0v) is 9.53. The highest BCUT2D eigenvalue weighted by molar-refractivity contribution is 6.14. The van der Waals surface area contributed by atoms with Crippen molar-refractivity contribution in [2.45, 2.75) is 0 Å². The van der Waals surface area contributed by atoms with Gasteiger partial charge in [0.2, 0.25) is 5.78 Å². The molecule has 6 heteroatoms. The Morgan fingerprint density at radius 2 is 1.95 bits per heavy atom. The summed E-state index contributed by atoms with van der Waals surface area (Å²) in [6.45, 7) is 0. The Hall–Kier alpha value is -2.89. The largest absolute Gasteiger partial charge is 0.452 e. The highest BCUT2D eigenvalue weighted by atomic mass is 16.6. The molecule has 1 aromatic heterocycles. The number of carbonyl (C=O) groups is 1. The van der Waals surface area contributed by atoms with Crippen LogP contribution in [0.2, 0.25) is 0 Å². The van der Waals surface area contributed by atoms with E-state index < -0.39 is 4.92 Å². The highest BCUT2D eigenvalue weighted by Crippen LogP contribution is 2.31. The summed E-state index contributed by atoms with van der Waals surface area (Å²) in [5.41, 5.74) is 0.467. The summed E-state index contributed by atoms with van der Waals surface area (Å²) >= 11 is 0. The topological polar surface area (TPSA) is 82.6 Å². The number of hydrogen-bond donors (Lipinski definition) is 0. The third kappa shape index (κ3) is 1.89. The van der Waals surface area contributed by atoms with E-state index in [2.05, 4.69) is 0 Å². The molecule has 1 aliphatic heterocycles. The molecule has 0 bridgehead atoms. The standard InChI is InChI=1S/C13H7NO5/c15-13-9-3-1-2-4-10(9)19-11(13)7-8-5-6-12(18-8)14(16)17/h1-7H/b11-7-. The Balaban J connectivity index is 1.94. The van der Waals surface area contributed by atoms with Crippen molar-refractivity contribution < 1.29 is 18.9 Å². The lowest BCUT2D eigenvalue weighted by molar-refractivity contribution is -0.402. The lowest BCUT2D eigenvalue weighted by Gasteiger charge is -1.95. The Bertz CT molecular complexity index is 713. The number of rotatable bonds is 2. The summed E-state index contributed by atoms with van der Waals surface area (Å²) in [5.74, 6) is 0.109. The number of carbonyl (C=O) groups excluding carboxylic acids is 1. The molecule has 19 heavy (non-hydrogen) atoms. The van der Waals surface area contributed by atoms with Gasteiger partial charge in [0.1, 0.15) is 16.4 Å². The van der Waals surface area contributed by atoms with E-state index in [9.17, 15) is 14.9 Å². The highest BCUT2D eigenvalue weighted by Gasteiger charge is 2.27. The van der Waals surface area contributed by atoms with Crippen LogP contribution in [0, 0.1) is 10.1 Å². The van der Waals surface area contributed by atoms with E-state index in [4.69, 9.17) is 9.15 Å². The molecule has 0 amide bonds. The van der Waals surface area contributed by atoms with Crippen molar-refractivity contribution in [3.05, 3.63) is 63.6 Å². The first-order valence-corrected chi connectivity index (χ1v) is 5.42. The van der Waals surface area contributed by atoms with Crippen LogP contribution < -0.4 is 4.74 Å². The average Bonchev–Trinajstić information content (AvgIpc) is 2.97. The Kier molecular flexibility index (Phi) is 2.42. The van der Waals surface area contributed by atoms with Crippen LogP contribution in [0.4, 0.5) is 5.88 Å². The molecule has 94 valence electrons. The number of Topliss-reactive ketones (excluding diaryl/α,β-unsaturated/α-hetero) is 1. The second-order valence-electron chi connectivity index (χ2n) is 3.87. The van der Waals surface area contributed by atoms with Crippen LogP contribution in [-0.2, 0) is 0 Å². The molecule has 0 radical (unpaired) electrons. The van der Waals surface area contributed by atoms with Crippen LogP contribution in [-0.4, -0.2) is 10.7 Å². The van der Waals surface area contributed by atoms with Gasteiger partial charge in [-0.1, -0.05) is 12.1 Å². The van der Waals surface area contributed by atoms with E-state index in [-0.39, 0.29) is 23.2 Å². The van der Waals surface area contributed by atoms with Gasteiger partial charge in [0, 0.05) is 6.08 Å². The van der Waals surface area contributed by atoms with Crippen LogP contribution in [0.15, 0.2) is 46.6 Å². The minimum atomic E-state index is -0.645. The van der Waals surface area contributed by atoms with Gasteiger partial charge in [-0.15, -0.1) is 0 Å². The van der Waals surface area contributed by atoms with E-state index in [1.807, 2.05) is 0 Å². The van der Waals surface area contributed by atoms with Gasteiger partial charge in [-0.25, -0.2) is 0 Å². The monoisotopic (exact) mass is 257 g/mol. The van der Waals surface area contributed by atoms with Crippen molar-refractivity contribution in [1.29, 1.82) is 0 Å². The van der Waals surface area contributed by atoms with Crippen molar-refractivity contribution in [2.75, 3.05) is 0 Å². The third-order valence-corrected chi connectivity index (χ3v) is 2.64. The first-order chi connectivity index (χ1) is 9.15. The molecule has 0 saturated heterocycles. The molecule has 3 rings (SSSR count). The molecule has 0 aliphatic carbocycles. The SMILES string of the molecule is O=C1/C(=C/c2ccc([N+](=O)[O-])o2)Oc2ccccc21. The van der Waals surface area contributed by atoms with E-state index >= 15 is 0 Å². The number of nitro groups is 1. The number of furan rings is 1. The number of ketones is 1. The predicted octanol–water partition coefficient (Wildman–Crippen LogP) is 2.80. The Morgan fingerprint density at radius 3 is 2.63 bits per heavy atom. The molecule has 0 fully saturated rings. The predicted molar refractivity (Wildman–Crippen MR) is 64.7 cm³/mol. The van der Waals surface area contributed by atoms with E-state index in [0.29, 0.717) is 11.3 Å². The number of para-hydroxylation sites is 1. The molecule has 0 unspecified atom stereocenters. The maximum atomic E-state index is 12.0. The zero-order chi connectivity index (χ0) is 13.4. The number of nitrogens with zero attached hydrogens (tertiary/aromatic N) is 1. The molecular weight excluding hydrogens is 250 g/mol. The molecule has 0 spiro atoms. The van der Waals surface area contributed by atoms with Gasteiger partial charge in [-0.3, -0.25) is 14.9 Å². The molecule has 2 aromatic rings. The van der Waals surface area contributed by atoms with Gasteiger partial charge >= 0.3 is 5.88 Å². The summed E-state index contributed by atoms with van der Waals surface area (Å²) < 4.78 is 10.3. The van der Waals surface area contributed by atoms with Crippen LogP contribution >= 0.6 is 0 Å². The maximum Gasteiger partial charge on any atom is 0.433 e. The summed E-state index contributed by atoms with van der Waals surface area (Å²) in [5, 5.41) is 10.5. The van der Waals surface area contributed by atoms with Gasteiger partial charge in [0.05, 0.1) is 11.6 Å². The van der Waals surface area contributed by atoms with Gasteiger partial charge in [-0.2, -0.15) is 0 Å². The minimum absolute atomic E-state index is 0.0884. The average molecular weight is 257 g/mol. The minimum Gasteiger partial charge on any atom is -0.452 e. The van der Waals surface area contributed by atoms with Gasteiger partial charge < -0.3 is 9.15 Å². The first kappa shape index (κ1) is 11.2. The fraction of sp³-hybridized carbons (Fsp3) is 0. The normalized spacial score (nSPS) is 15.4. The molecule has 0 N–H and O–H groups in total. The molecule has 0 atom stereocenters. The third-order valence-electron chi connectivity index (χ3n) is 2.64. The van der Waals surface area contributed by atoms with E-state index in [1.54, 1.807) is 24.3 Å². The number of hydrogen-bond acceptors (Lipinski definition) is 5. The zero-order valence-electron chi connectivity index (χ0n) is 9.53. The second-order valence-corrected chi connectivity index (χ2v) is 3.87. The number of fused-ring (bicyclic) bond motifs is 1. The van der Waals surface area contributed by atoms with Gasteiger partial charge in [0.25, 0.3) is 0 Å². The van der Waals surface area contributed by atoms with Crippen LogP contribution in [0.25, 0.3) is 6.08 Å². The Morgan fingerprint density at radius 1 is 1.16 bits per heavy atom. The summed E-state index contributed by atoms with van der Waals surface area (Å²) in [6.07, 6.45) is 1.34. The van der Waals surface area contributed by atoms with E-state index in [0.717, 1.165) is 0 Å². The van der Waals surface area contributed by atoms with Crippen LogP contribution in [0.3, 0.4) is 0 Å². The lowest BCUT2D eigenvalue weighted by Crippen LogP contribution is -1.97. The summed E-state index contributed by atoms with van der Waals surface area (Å²) in [4.78, 5) is 21.8. The number of benzene rings is 1. The quantitative estimate of drug-likeness (QED) is 0.469. The van der Waals surface area contributed by atoms with Crippen molar-refractivity contribution >= 4 is 17.7 Å². The fourth-order valence-corrected chi connectivity index (χ4v) is 1.78. The Labute approximate surface area is 107 Å². The van der Waals surface area contributed by atoms with Gasteiger partial charge in [0.15, 0.2) is 5.76 Å². The molecular formula is C13H7NO5. The summed E-state index contributed by atoms with van der Waals surface area (Å²) in [7, 11) is 0. The second kappa shape index (κ2) is 4.09. The summed E-state index contributed by atoms with van der Waals surface area (Å²) in [6, 6.07) is 9.46.